The summed E-state index contributed by atoms with van der Waals surface area (Å²) < 4.78 is 0. The van der Waals surface area contributed by atoms with E-state index in [9.17, 15) is 4.79 Å². The topological polar surface area (TPSA) is 67.7 Å². The smallest absolute Gasteiger partial charge is 0.168 e. The third kappa shape index (κ3) is 3.10. The molecule has 0 spiro atoms. The van der Waals surface area contributed by atoms with Gasteiger partial charge in [-0.2, -0.15) is 0 Å². The number of piperidine rings is 1. The minimum atomic E-state index is 0.142. The fourth-order valence-electron chi connectivity index (χ4n) is 3.00. The predicted molar refractivity (Wildman–Crippen MR) is 78.4 cm³/mol. The average Bonchev–Trinajstić information content (AvgIpc) is 2.97. The van der Waals surface area contributed by atoms with Crippen LogP contribution in [0.3, 0.4) is 0 Å². The van der Waals surface area contributed by atoms with Gasteiger partial charge in [-0.15, -0.1) is 0 Å². The van der Waals surface area contributed by atoms with E-state index in [0.717, 1.165) is 44.3 Å². The molecule has 1 fully saturated rings. The first-order valence-electron chi connectivity index (χ1n) is 7.38. The van der Waals surface area contributed by atoms with Gasteiger partial charge in [0.2, 0.25) is 0 Å². The maximum Gasteiger partial charge on any atom is 0.168 e. The normalized spacial score (nSPS) is 23.7. The van der Waals surface area contributed by atoms with E-state index in [2.05, 4.69) is 27.1 Å². The van der Waals surface area contributed by atoms with E-state index in [4.69, 9.17) is 4.84 Å². The lowest BCUT2D eigenvalue weighted by Gasteiger charge is -2.31. The van der Waals surface area contributed by atoms with Gasteiger partial charge in [-0.25, -0.2) is 9.97 Å². The highest BCUT2D eigenvalue weighted by Crippen LogP contribution is 2.28. The number of aldehydes is 1. The van der Waals surface area contributed by atoms with Crippen LogP contribution in [0.1, 0.15) is 41.3 Å². The van der Waals surface area contributed by atoms with Crippen LogP contribution in [0.15, 0.2) is 11.2 Å². The molecular weight excluding hydrogens is 268 g/mol. The van der Waals surface area contributed by atoms with Crippen LogP contribution in [0.5, 0.6) is 0 Å². The fourth-order valence-corrected chi connectivity index (χ4v) is 3.00. The first-order chi connectivity index (χ1) is 10.2. The molecule has 1 aromatic heterocycles. The van der Waals surface area contributed by atoms with Crippen LogP contribution in [0.25, 0.3) is 0 Å². The van der Waals surface area contributed by atoms with Crippen molar-refractivity contribution in [2.75, 3.05) is 20.1 Å². The Morgan fingerprint density at radius 3 is 2.81 bits per heavy atom. The van der Waals surface area contributed by atoms with E-state index in [1.54, 1.807) is 13.0 Å². The molecule has 6 heteroatoms. The molecule has 0 aliphatic carbocycles. The molecular formula is C15H20N4O2. The summed E-state index contributed by atoms with van der Waals surface area (Å²) in [5.74, 6) is 1.14. The number of hydrogen-bond acceptors (Lipinski definition) is 6. The van der Waals surface area contributed by atoms with Crippen LogP contribution in [0.4, 0.5) is 0 Å². The third-order valence-corrected chi connectivity index (χ3v) is 4.26. The van der Waals surface area contributed by atoms with Crippen molar-refractivity contribution < 1.29 is 9.63 Å². The van der Waals surface area contributed by atoms with Gasteiger partial charge in [0.25, 0.3) is 0 Å². The van der Waals surface area contributed by atoms with E-state index in [0.29, 0.717) is 23.1 Å². The molecule has 21 heavy (non-hydrogen) atoms. The Morgan fingerprint density at radius 2 is 2.10 bits per heavy atom. The zero-order valence-corrected chi connectivity index (χ0v) is 12.5. The van der Waals surface area contributed by atoms with Crippen LogP contribution in [0.2, 0.25) is 0 Å². The summed E-state index contributed by atoms with van der Waals surface area (Å²) in [7, 11) is 2.15. The first kappa shape index (κ1) is 14.1. The molecule has 112 valence electrons. The quantitative estimate of drug-likeness (QED) is 0.787. The summed E-state index contributed by atoms with van der Waals surface area (Å²) in [6.45, 7) is 4.00. The molecule has 3 heterocycles. The number of likely N-dealkylation sites (tertiary alicyclic amines) is 1. The van der Waals surface area contributed by atoms with Gasteiger partial charge >= 0.3 is 0 Å². The lowest BCUT2D eigenvalue weighted by molar-refractivity contribution is 0.0172. The molecule has 0 radical (unpaired) electrons. The van der Waals surface area contributed by atoms with Gasteiger partial charge in [0, 0.05) is 12.3 Å². The van der Waals surface area contributed by atoms with Crippen molar-refractivity contribution >= 4 is 12.0 Å². The number of carbonyl (C=O) groups is 1. The van der Waals surface area contributed by atoms with Crippen molar-refractivity contribution in [1.29, 1.82) is 0 Å². The average molecular weight is 288 g/mol. The highest BCUT2D eigenvalue weighted by molar-refractivity contribution is 6.00. The Kier molecular flexibility index (Phi) is 3.96. The van der Waals surface area contributed by atoms with Crippen LogP contribution in [0, 0.1) is 12.8 Å². The van der Waals surface area contributed by atoms with Crippen molar-refractivity contribution in [2.45, 2.75) is 32.3 Å². The van der Waals surface area contributed by atoms with Crippen molar-refractivity contribution in [1.82, 2.24) is 14.9 Å². The van der Waals surface area contributed by atoms with Gasteiger partial charge < -0.3 is 9.74 Å². The van der Waals surface area contributed by atoms with Gasteiger partial charge in [0.15, 0.2) is 6.29 Å². The Balaban J connectivity index is 1.69. The van der Waals surface area contributed by atoms with E-state index < -0.39 is 0 Å². The minimum Gasteiger partial charge on any atom is -0.391 e. The summed E-state index contributed by atoms with van der Waals surface area (Å²) >= 11 is 0. The molecule has 2 aliphatic rings. The fraction of sp³-hybridized carbons (Fsp3) is 0.600. The summed E-state index contributed by atoms with van der Waals surface area (Å²) in [5, 5.41) is 4.19. The molecule has 3 rings (SSSR count). The highest BCUT2D eigenvalue weighted by atomic mass is 16.6. The lowest BCUT2D eigenvalue weighted by Crippen LogP contribution is -2.35. The Morgan fingerprint density at radius 1 is 1.33 bits per heavy atom. The summed E-state index contributed by atoms with van der Waals surface area (Å²) in [6, 6.07) is 1.68. The van der Waals surface area contributed by atoms with Gasteiger partial charge in [-0.3, -0.25) is 4.79 Å². The monoisotopic (exact) mass is 288 g/mol. The van der Waals surface area contributed by atoms with Gasteiger partial charge in [-0.1, -0.05) is 5.16 Å². The maximum atomic E-state index is 10.9. The molecule has 1 aromatic rings. The van der Waals surface area contributed by atoms with E-state index in [1.807, 2.05) is 0 Å². The largest absolute Gasteiger partial charge is 0.391 e. The van der Waals surface area contributed by atoms with Crippen LogP contribution in [-0.4, -0.2) is 53.1 Å². The van der Waals surface area contributed by atoms with Gasteiger partial charge in [0.1, 0.15) is 23.3 Å². The SMILES string of the molecule is Cc1nc(C=O)cc(C2=NOC(C3CCN(C)CC3)C2)n1. The molecule has 0 N–H and O–H groups in total. The minimum absolute atomic E-state index is 0.142. The van der Waals surface area contributed by atoms with Crippen molar-refractivity contribution in [2.24, 2.45) is 11.1 Å². The summed E-state index contributed by atoms with van der Waals surface area (Å²) in [6.07, 6.45) is 3.94. The zero-order chi connectivity index (χ0) is 14.8. The molecule has 1 atom stereocenters. The van der Waals surface area contributed by atoms with Crippen LogP contribution >= 0.6 is 0 Å². The molecule has 0 aromatic carbocycles. The molecule has 2 aliphatic heterocycles. The maximum absolute atomic E-state index is 10.9. The van der Waals surface area contributed by atoms with Crippen LogP contribution < -0.4 is 0 Å². The Hall–Kier alpha value is -1.82. The number of rotatable bonds is 3. The second-order valence-electron chi connectivity index (χ2n) is 5.87. The van der Waals surface area contributed by atoms with E-state index in [-0.39, 0.29) is 6.10 Å². The molecule has 0 saturated carbocycles. The van der Waals surface area contributed by atoms with Crippen molar-refractivity contribution in [3.05, 3.63) is 23.3 Å². The molecule has 0 amide bonds. The number of aryl methyl sites for hydroxylation is 1. The van der Waals surface area contributed by atoms with Crippen molar-refractivity contribution in [3.8, 4) is 0 Å². The molecule has 1 unspecified atom stereocenters. The highest BCUT2D eigenvalue weighted by Gasteiger charge is 2.32. The Labute approximate surface area is 124 Å². The summed E-state index contributed by atoms with van der Waals surface area (Å²) in [4.78, 5) is 27.3. The molecule has 6 nitrogen and oxygen atoms in total. The van der Waals surface area contributed by atoms with Gasteiger partial charge in [0.05, 0.1) is 5.69 Å². The number of nitrogens with zero attached hydrogens (tertiary/aromatic N) is 4. The predicted octanol–water partition coefficient (Wildman–Crippen LogP) is 1.43. The number of carbonyl (C=O) groups excluding carboxylic acids is 1. The number of oxime groups is 1. The first-order valence-corrected chi connectivity index (χ1v) is 7.38. The number of hydrogen-bond donors (Lipinski definition) is 0. The standard InChI is InChI=1S/C15H20N4O2/c1-10-16-12(9-20)7-13(17-10)14-8-15(21-18-14)11-3-5-19(2)6-4-11/h7,9,11,15H,3-6,8H2,1-2H3. The van der Waals surface area contributed by atoms with E-state index in [1.165, 1.54) is 0 Å². The number of aromatic nitrogens is 2. The molecule has 1 saturated heterocycles. The van der Waals surface area contributed by atoms with Crippen molar-refractivity contribution in [3.63, 3.8) is 0 Å². The third-order valence-electron chi connectivity index (χ3n) is 4.26. The Bertz CT molecular complexity index is 565. The second-order valence-corrected chi connectivity index (χ2v) is 5.87. The van der Waals surface area contributed by atoms with Crippen LogP contribution in [-0.2, 0) is 4.84 Å². The molecule has 0 bridgehead atoms. The summed E-state index contributed by atoms with van der Waals surface area (Å²) in [5.41, 5.74) is 1.93. The second kappa shape index (κ2) is 5.89. The zero-order valence-electron chi connectivity index (χ0n) is 12.5. The van der Waals surface area contributed by atoms with Gasteiger partial charge in [-0.05, 0) is 46.0 Å². The van der Waals surface area contributed by atoms with E-state index >= 15 is 0 Å². The lowest BCUT2D eigenvalue weighted by atomic mass is 9.88.